The Labute approximate surface area is 150 Å². The Hall–Kier alpha value is -1.04. The fourth-order valence-electron chi connectivity index (χ4n) is 3.19. The molecule has 0 aromatic carbocycles. The van der Waals surface area contributed by atoms with Gasteiger partial charge in [0, 0.05) is 38.8 Å². The van der Waals surface area contributed by atoms with Crippen LogP contribution in [0, 0.1) is 5.92 Å². The number of halogens is 2. The number of amides is 1. The van der Waals surface area contributed by atoms with Crippen molar-refractivity contribution >= 4 is 36.5 Å². The van der Waals surface area contributed by atoms with Crippen molar-refractivity contribution in [1.82, 2.24) is 15.2 Å². The van der Waals surface area contributed by atoms with Gasteiger partial charge in [-0.15, -0.1) is 24.8 Å². The Morgan fingerprint density at radius 1 is 1.13 bits per heavy atom. The van der Waals surface area contributed by atoms with E-state index < -0.39 is 0 Å². The van der Waals surface area contributed by atoms with E-state index in [1.165, 1.54) is 0 Å². The third kappa shape index (κ3) is 5.52. The monoisotopic (exact) mass is 360 g/mol. The van der Waals surface area contributed by atoms with Gasteiger partial charge in [0.1, 0.15) is 5.82 Å². The zero-order valence-electron chi connectivity index (χ0n) is 13.3. The van der Waals surface area contributed by atoms with Crippen molar-refractivity contribution in [3.8, 4) is 0 Å². The molecule has 0 bridgehead atoms. The number of nitrogens with one attached hydrogen (secondary N) is 1. The van der Waals surface area contributed by atoms with Gasteiger partial charge in [0.25, 0.3) is 0 Å². The Kier molecular flexibility index (Phi) is 8.66. The van der Waals surface area contributed by atoms with Gasteiger partial charge in [-0.1, -0.05) is 6.07 Å². The van der Waals surface area contributed by atoms with Crippen molar-refractivity contribution in [2.45, 2.75) is 19.3 Å². The van der Waals surface area contributed by atoms with Crippen molar-refractivity contribution in [2.75, 3.05) is 44.2 Å². The number of hydrogen-bond acceptors (Lipinski definition) is 4. The average molecular weight is 361 g/mol. The van der Waals surface area contributed by atoms with Gasteiger partial charge in [0.15, 0.2) is 0 Å². The standard InChI is InChI=1S/C16H24N4O.2ClH/c21-16(13-14-4-7-17-8-5-14)20-11-9-19(10-12-20)15-3-1-2-6-18-15;;/h1-3,6,14,17H,4-5,7-13H2;2*1H. The molecule has 1 aromatic rings. The van der Waals surface area contributed by atoms with E-state index in [1.807, 2.05) is 29.3 Å². The summed E-state index contributed by atoms with van der Waals surface area (Å²) in [6.45, 7) is 5.53. The van der Waals surface area contributed by atoms with Crippen LogP contribution in [0.5, 0.6) is 0 Å². The van der Waals surface area contributed by atoms with E-state index in [0.717, 1.165) is 64.3 Å². The molecule has 2 aliphatic heterocycles. The molecule has 5 nitrogen and oxygen atoms in total. The maximum Gasteiger partial charge on any atom is 0.222 e. The van der Waals surface area contributed by atoms with Crippen LogP contribution in [0.25, 0.3) is 0 Å². The number of carbonyl (C=O) groups is 1. The quantitative estimate of drug-likeness (QED) is 0.894. The Bertz CT molecular complexity index is 460. The molecule has 130 valence electrons. The number of carbonyl (C=O) groups excluding carboxylic acids is 1. The smallest absolute Gasteiger partial charge is 0.222 e. The van der Waals surface area contributed by atoms with Crippen LogP contribution in [-0.4, -0.2) is 55.1 Å². The maximum atomic E-state index is 12.4. The number of aromatic nitrogens is 1. The first-order valence-corrected chi connectivity index (χ1v) is 7.97. The van der Waals surface area contributed by atoms with Gasteiger partial charge in [-0.25, -0.2) is 4.98 Å². The molecule has 3 rings (SSSR count). The molecule has 2 saturated heterocycles. The zero-order chi connectivity index (χ0) is 14.5. The molecular formula is C16H26Cl2N4O. The van der Waals surface area contributed by atoms with Gasteiger partial charge >= 0.3 is 0 Å². The minimum Gasteiger partial charge on any atom is -0.353 e. The summed E-state index contributed by atoms with van der Waals surface area (Å²) in [5.41, 5.74) is 0. The first kappa shape index (κ1) is 20.0. The van der Waals surface area contributed by atoms with E-state index in [-0.39, 0.29) is 24.8 Å². The molecule has 1 aromatic heterocycles. The van der Waals surface area contributed by atoms with Crippen molar-refractivity contribution in [3.63, 3.8) is 0 Å². The van der Waals surface area contributed by atoms with Crippen molar-refractivity contribution in [1.29, 1.82) is 0 Å². The molecule has 2 fully saturated rings. The molecule has 2 aliphatic rings. The molecule has 0 atom stereocenters. The summed E-state index contributed by atoms with van der Waals surface area (Å²) in [7, 11) is 0. The van der Waals surface area contributed by atoms with E-state index >= 15 is 0 Å². The van der Waals surface area contributed by atoms with Crippen LogP contribution in [0.3, 0.4) is 0 Å². The highest BCUT2D eigenvalue weighted by Crippen LogP contribution is 2.19. The lowest BCUT2D eigenvalue weighted by atomic mass is 9.94. The van der Waals surface area contributed by atoms with Gasteiger partial charge in [0.05, 0.1) is 0 Å². The number of piperazine rings is 1. The van der Waals surface area contributed by atoms with E-state index in [0.29, 0.717) is 11.8 Å². The molecule has 1 N–H and O–H groups in total. The van der Waals surface area contributed by atoms with E-state index in [9.17, 15) is 4.79 Å². The Balaban J connectivity index is 0.00000132. The van der Waals surface area contributed by atoms with Gasteiger partial charge in [0.2, 0.25) is 5.91 Å². The largest absolute Gasteiger partial charge is 0.353 e. The predicted octanol–water partition coefficient (Wildman–Crippen LogP) is 1.96. The first-order chi connectivity index (χ1) is 10.3. The second-order valence-corrected chi connectivity index (χ2v) is 5.95. The minimum absolute atomic E-state index is 0. The summed E-state index contributed by atoms with van der Waals surface area (Å²) in [6, 6.07) is 5.98. The topological polar surface area (TPSA) is 48.5 Å². The first-order valence-electron chi connectivity index (χ1n) is 7.97. The molecule has 0 unspecified atom stereocenters. The van der Waals surface area contributed by atoms with E-state index in [4.69, 9.17) is 0 Å². The van der Waals surface area contributed by atoms with Crippen LogP contribution in [0.1, 0.15) is 19.3 Å². The lowest BCUT2D eigenvalue weighted by molar-refractivity contribution is -0.132. The highest BCUT2D eigenvalue weighted by Gasteiger charge is 2.24. The lowest BCUT2D eigenvalue weighted by Gasteiger charge is -2.36. The fraction of sp³-hybridized carbons (Fsp3) is 0.625. The summed E-state index contributed by atoms with van der Waals surface area (Å²) < 4.78 is 0. The number of nitrogens with zero attached hydrogens (tertiary/aromatic N) is 3. The zero-order valence-corrected chi connectivity index (χ0v) is 15.0. The van der Waals surface area contributed by atoms with Crippen LogP contribution >= 0.6 is 24.8 Å². The molecule has 0 spiro atoms. The fourth-order valence-corrected chi connectivity index (χ4v) is 3.19. The molecule has 0 saturated carbocycles. The minimum atomic E-state index is 0. The molecule has 23 heavy (non-hydrogen) atoms. The van der Waals surface area contributed by atoms with Gasteiger partial charge in [-0.05, 0) is 44.0 Å². The normalized spacial score (nSPS) is 18.8. The summed E-state index contributed by atoms with van der Waals surface area (Å²) >= 11 is 0. The predicted molar refractivity (Wildman–Crippen MR) is 97.7 cm³/mol. The summed E-state index contributed by atoms with van der Waals surface area (Å²) in [5, 5.41) is 3.35. The lowest BCUT2D eigenvalue weighted by Crippen LogP contribution is -2.49. The van der Waals surface area contributed by atoms with Crippen LogP contribution in [0.2, 0.25) is 0 Å². The Morgan fingerprint density at radius 3 is 2.43 bits per heavy atom. The second kappa shape index (κ2) is 9.96. The van der Waals surface area contributed by atoms with Crippen molar-refractivity contribution in [2.24, 2.45) is 5.92 Å². The maximum absolute atomic E-state index is 12.4. The third-order valence-corrected chi connectivity index (χ3v) is 4.53. The van der Waals surface area contributed by atoms with Crippen LogP contribution in [0.4, 0.5) is 5.82 Å². The summed E-state index contributed by atoms with van der Waals surface area (Å²) in [5.74, 6) is 1.93. The summed E-state index contributed by atoms with van der Waals surface area (Å²) in [4.78, 5) is 21.0. The van der Waals surface area contributed by atoms with Crippen molar-refractivity contribution in [3.05, 3.63) is 24.4 Å². The number of pyridine rings is 1. The van der Waals surface area contributed by atoms with E-state index in [2.05, 4.69) is 15.2 Å². The van der Waals surface area contributed by atoms with Crippen molar-refractivity contribution < 1.29 is 4.79 Å². The highest BCUT2D eigenvalue weighted by atomic mass is 35.5. The van der Waals surface area contributed by atoms with Gasteiger partial charge in [-0.2, -0.15) is 0 Å². The molecule has 1 amide bonds. The molecular weight excluding hydrogens is 335 g/mol. The number of rotatable bonds is 3. The van der Waals surface area contributed by atoms with E-state index in [1.54, 1.807) is 0 Å². The third-order valence-electron chi connectivity index (χ3n) is 4.53. The highest BCUT2D eigenvalue weighted by molar-refractivity contribution is 5.85. The summed E-state index contributed by atoms with van der Waals surface area (Å²) in [6.07, 6.45) is 4.83. The molecule has 3 heterocycles. The number of piperidine rings is 1. The number of anilines is 1. The SMILES string of the molecule is Cl.Cl.O=C(CC1CCNCC1)N1CCN(c2ccccn2)CC1. The number of hydrogen-bond donors (Lipinski definition) is 1. The molecule has 0 radical (unpaired) electrons. The van der Waals surface area contributed by atoms with Crippen LogP contribution in [0.15, 0.2) is 24.4 Å². The average Bonchev–Trinajstić information content (AvgIpc) is 2.57. The van der Waals surface area contributed by atoms with Gasteiger partial charge < -0.3 is 15.1 Å². The second-order valence-electron chi connectivity index (χ2n) is 5.95. The van der Waals surface area contributed by atoms with Crippen LogP contribution < -0.4 is 10.2 Å². The van der Waals surface area contributed by atoms with Gasteiger partial charge in [-0.3, -0.25) is 4.79 Å². The molecule has 0 aliphatic carbocycles. The Morgan fingerprint density at radius 2 is 1.83 bits per heavy atom. The molecule has 7 heteroatoms. The van der Waals surface area contributed by atoms with Crippen LogP contribution in [-0.2, 0) is 4.79 Å².